The summed E-state index contributed by atoms with van der Waals surface area (Å²) >= 11 is 1.32. The summed E-state index contributed by atoms with van der Waals surface area (Å²) in [5.41, 5.74) is 1.42. The van der Waals surface area contributed by atoms with Crippen molar-refractivity contribution in [1.29, 1.82) is 0 Å². The van der Waals surface area contributed by atoms with E-state index in [4.69, 9.17) is 0 Å². The molecule has 0 saturated carbocycles. The molecule has 3 rings (SSSR count). The first-order chi connectivity index (χ1) is 11.1. The number of Topliss-reactive ketones (excluding diaryl/α,β-unsaturated/α-hetero) is 1. The number of rotatable bonds is 5. The van der Waals surface area contributed by atoms with Crippen LogP contribution in [-0.4, -0.2) is 25.8 Å². The number of nitrogens with zero attached hydrogens (tertiary/aromatic N) is 3. The lowest BCUT2D eigenvalue weighted by Gasteiger charge is -2.11. The van der Waals surface area contributed by atoms with E-state index < -0.39 is 0 Å². The monoisotopic (exact) mass is 327 g/mol. The molecule has 116 valence electrons. The lowest BCUT2D eigenvalue weighted by molar-refractivity contribution is 0.0994. The Bertz CT molecular complexity index is 802. The van der Waals surface area contributed by atoms with Gasteiger partial charge in [-0.3, -0.25) is 9.36 Å². The Balaban J connectivity index is 1.79. The number of aromatic nitrogens is 3. The summed E-state index contributed by atoms with van der Waals surface area (Å²) in [4.78, 5) is 12.4. The molecule has 0 aliphatic heterocycles. The van der Waals surface area contributed by atoms with Crippen molar-refractivity contribution >= 4 is 17.5 Å². The molecule has 0 radical (unpaired) electrons. The zero-order valence-corrected chi connectivity index (χ0v) is 13.2. The predicted molar refractivity (Wildman–Crippen MR) is 87.4 cm³/mol. The zero-order chi connectivity index (χ0) is 16.2. The van der Waals surface area contributed by atoms with Crippen LogP contribution in [0.2, 0.25) is 0 Å². The Hall–Kier alpha value is -2.47. The van der Waals surface area contributed by atoms with Gasteiger partial charge in [-0.2, -0.15) is 0 Å². The van der Waals surface area contributed by atoms with E-state index in [0.717, 1.165) is 5.69 Å². The van der Waals surface area contributed by atoms with E-state index in [9.17, 15) is 9.18 Å². The molecule has 0 saturated heterocycles. The highest BCUT2D eigenvalue weighted by atomic mass is 32.2. The molecule has 6 heteroatoms. The fraction of sp³-hybridized carbons (Fsp3) is 0.118. The molecular formula is C17H14FN3OS. The van der Waals surface area contributed by atoms with E-state index in [2.05, 4.69) is 10.2 Å². The van der Waals surface area contributed by atoms with Gasteiger partial charge in [0.15, 0.2) is 10.9 Å². The minimum absolute atomic E-state index is 0.0717. The zero-order valence-electron chi connectivity index (χ0n) is 12.4. The molecule has 1 heterocycles. The average Bonchev–Trinajstić information content (AvgIpc) is 3.04. The van der Waals surface area contributed by atoms with Gasteiger partial charge in [-0.25, -0.2) is 4.39 Å². The Morgan fingerprint density at radius 1 is 1.13 bits per heavy atom. The third kappa shape index (κ3) is 3.48. The molecule has 1 atom stereocenters. The molecule has 2 aromatic carbocycles. The molecule has 0 aliphatic rings. The number of hydrogen-bond donors (Lipinski definition) is 0. The Morgan fingerprint density at radius 2 is 1.83 bits per heavy atom. The van der Waals surface area contributed by atoms with E-state index in [1.807, 2.05) is 34.9 Å². The summed E-state index contributed by atoms with van der Waals surface area (Å²) in [6, 6.07) is 15.2. The first-order valence-electron chi connectivity index (χ1n) is 7.07. The highest BCUT2D eigenvalue weighted by Crippen LogP contribution is 2.26. The van der Waals surface area contributed by atoms with Crippen LogP contribution in [0.3, 0.4) is 0 Å². The number of carbonyl (C=O) groups is 1. The van der Waals surface area contributed by atoms with Gasteiger partial charge < -0.3 is 0 Å². The second-order valence-corrected chi connectivity index (χ2v) is 6.26. The quantitative estimate of drug-likeness (QED) is 0.529. The highest BCUT2D eigenvalue weighted by Gasteiger charge is 2.19. The molecule has 0 N–H and O–H groups in total. The summed E-state index contributed by atoms with van der Waals surface area (Å²) in [5.74, 6) is -0.428. The van der Waals surface area contributed by atoms with Crippen molar-refractivity contribution in [3.63, 3.8) is 0 Å². The van der Waals surface area contributed by atoms with Gasteiger partial charge in [-0.05, 0) is 43.3 Å². The second kappa shape index (κ2) is 6.75. The molecule has 0 amide bonds. The number of carbonyl (C=O) groups excluding carboxylic acids is 1. The van der Waals surface area contributed by atoms with Crippen molar-refractivity contribution in [2.24, 2.45) is 0 Å². The van der Waals surface area contributed by atoms with Crippen LogP contribution in [0, 0.1) is 5.82 Å². The van der Waals surface area contributed by atoms with Gasteiger partial charge in [-0.1, -0.05) is 30.0 Å². The van der Waals surface area contributed by atoms with Crippen LogP contribution in [0.1, 0.15) is 17.3 Å². The summed E-state index contributed by atoms with van der Waals surface area (Å²) in [6.45, 7) is 1.81. The number of ketones is 1. The molecule has 3 aromatic rings. The van der Waals surface area contributed by atoms with Crippen LogP contribution in [0.15, 0.2) is 66.1 Å². The summed E-state index contributed by atoms with van der Waals surface area (Å²) in [5, 5.41) is 8.30. The van der Waals surface area contributed by atoms with Crippen molar-refractivity contribution < 1.29 is 9.18 Å². The minimum atomic E-state index is -0.356. The van der Waals surface area contributed by atoms with E-state index in [0.29, 0.717) is 10.7 Å². The van der Waals surface area contributed by atoms with Crippen molar-refractivity contribution in [1.82, 2.24) is 14.8 Å². The molecule has 0 bridgehead atoms. The molecule has 0 aliphatic carbocycles. The molecule has 0 spiro atoms. The number of halogens is 1. The second-order valence-electron chi connectivity index (χ2n) is 4.95. The van der Waals surface area contributed by atoms with Gasteiger partial charge in [0, 0.05) is 11.3 Å². The van der Waals surface area contributed by atoms with Crippen molar-refractivity contribution in [3.05, 3.63) is 72.3 Å². The largest absolute Gasteiger partial charge is 0.293 e. The number of benzene rings is 2. The van der Waals surface area contributed by atoms with Gasteiger partial charge in [0.2, 0.25) is 0 Å². The van der Waals surface area contributed by atoms with Crippen LogP contribution in [0.25, 0.3) is 5.69 Å². The van der Waals surface area contributed by atoms with Gasteiger partial charge in [0.25, 0.3) is 0 Å². The molecule has 0 fully saturated rings. The van der Waals surface area contributed by atoms with Gasteiger partial charge >= 0.3 is 0 Å². The van der Waals surface area contributed by atoms with Gasteiger partial charge in [0.05, 0.1) is 5.25 Å². The summed E-state index contributed by atoms with van der Waals surface area (Å²) in [7, 11) is 0. The van der Waals surface area contributed by atoms with Crippen molar-refractivity contribution in [2.45, 2.75) is 17.3 Å². The number of thioether (sulfide) groups is 1. The first kappa shape index (κ1) is 15.4. The molecule has 1 aromatic heterocycles. The number of para-hydroxylation sites is 1. The van der Waals surface area contributed by atoms with E-state index >= 15 is 0 Å². The van der Waals surface area contributed by atoms with Crippen LogP contribution in [0.5, 0.6) is 0 Å². The lowest BCUT2D eigenvalue weighted by Crippen LogP contribution is -2.14. The fourth-order valence-corrected chi connectivity index (χ4v) is 3.05. The maximum Gasteiger partial charge on any atom is 0.196 e. The standard InChI is InChI=1S/C17H14FN3OS/c1-12(16(22)13-7-9-14(18)10-8-13)23-17-20-19-11-21(17)15-5-3-2-4-6-15/h2-12H,1H3/t12-/m0/s1. The lowest BCUT2D eigenvalue weighted by atomic mass is 10.1. The van der Waals surface area contributed by atoms with E-state index in [1.54, 1.807) is 13.3 Å². The Labute approximate surface area is 137 Å². The molecule has 23 heavy (non-hydrogen) atoms. The molecule has 4 nitrogen and oxygen atoms in total. The topological polar surface area (TPSA) is 47.8 Å². The third-order valence-electron chi connectivity index (χ3n) is 3.33. The predicted octanol–water partition coefficient (Wildman–Crippen LogP) is 3.77. The maximum atomic E-state index is 13.0. The summed E-state index contributed by atoms with van der Waals surface area (Å²) < 4.78 is 14.8. The van der Waals surface area contributed by atoms with Crippen LogP contribution < -0.4 is 0 Å². The van der Waals surface area contributed by atoms with Crippen LogP contribution >= 0.6 is 11.8 Å². The fourth-order valence-electron chi connectivity index (χ4n) is 2.13. The van der Waals surface area contributed by atoms with E-state index in [-0.39, 0.29) is 16.9 Å². The maximum absolute atomic E-state index is 13.0. The van der Waals surface area contributed by atoms with Gasteiger partial charge in [-0.15, -0.1) is 10.2 Å². The SMILES string of the molecule is C[C@H](Sc1nncn1-c1ccccc1)C(=O)c1ccc(F)cc1. The smallest absolute Gasteiger partial charge is 0.196 e. The normalized spacial score (nSPS) is 12.1. The number of hydrogen-bond acceptors (Lipinski definition) is 4. The van der Waals surface area contributed by atoms with Gasteiger partial charge in [0.1, 0.15) is 12.1 Å². The minimum Gasteiger partial charge on any atom is -0.293 e. The Kier molecular flexibility index (Phi) is 4.52. The average molecular weight is 327 g/mol. The highest BCUT2D eigenvalue weighted by molar-refractivity contribution is 8.00. The molecule has 0 unspecified atom stereocenters. The first-order valence-corrected chi connectivity index (χ1v) is 7.95. The van der Waals surface area contributed by atoms with Crippen LogP contribution in [0.4, 0.5) is 4.39 Å². The Morgan fingerprint density at radius 3 is 2.52 bits per heavy atom. The molecular weight excluding hydrogens is 313 g/mol. The van der Waals surface area contributed by atoms with Crippen LogP contribution in [-0.2, 0) is 0 Å². The van der Waals surface area contributed by atoms with Crippen molar-refractivity contribution in [3.8, 4) is 5.69 Å². The van der Waals surface area contributed by atoms with E-state index in [1.165, 1.54) is 36.0 Å². The van der Waals surface area contributed by atoms with Crippen molar-refractivity contribution in [2.75, 3.05) is 0 Å². The third-order valence-corrected chi connectivity index (χ3v) is 4.39. The summed E-state index contributed by atoms with van der Waals surface area (Å²) in [6.07, 6.45) is 1.62.